The van der Waals surface area contributed by atoms with Crippen LogP contribution in [-0.2, 0) is 11.3 Å². The number of carbonyl (C=O) groups is 2. The average molecular weight is 452 g/mol. The molecule has 0 radical (unpaired) electrons. The highest BCUT2D eigenvalue weighted by Gasteiger charge is 2.28. The fourth-order valence-electron chi connectivity index (χ4n) is 3.80. The molecule has 2 aromatic carbocycles. The lowest BCUT2D eigenvalue weighted by molar-refractivity contribution is -0.111. The quantitative estimate of drug-likeness (QED) is 0.295. The van der Waals surface area contributed by atoms with E-state index in [-0.39, 0.29) is 34.7 Å². The van der Waals surface area contributed by atoms with Gasteiger partial charge < -0.3 is 9.67 Å². The minimum absolute atomic E-state index is 0.128. The first-order chi connectivity index (χ1) is 15.3. The molecule has 8 heteroatoms. The van der Waals surface area contributed by atoms with Gasteiger partial charge in [0, 0.05) is 28.2 Å². The van der Waals surface area contributed by atoms with Crippen LogP contribution in [-0.4, -0.2) is 26.4 Å². The number of allylic oxidation sites excluding steroid dienone is 4. The van der Waals surface area contributed by atoms with Gasteiger partial charge in [-0.25, -0.2) is 18.6 Å². The van der Waals surface area contributed by atoms with Gasteiger partial charge >= 0.3 is 5.97 Å². The number of aromatic carboxylic acids is 1. The summed E-state index contributed by atoms with van der Waals surface area (Å²) in [5.74, 6) is -3.06. The summed E-state index contributed by atoms with van der Waals surface area (Å²) in [6.07, 6.45) is 4.98. The minimum atomic E-state index is -1.26. The molecule has 0 saturated heterocycles. The van der Waals surface area contributed by atoms with Gasteiger partial charge in [-0.3, -0.25) is 4.79 Å². The Morgan fingerprint density at radius 2 is 2.00 bits per heavy atom. The molecule has 0 amide bonds. The van der Waals surface area contributed by atoms with E-state index >= 15 is 0 Å². The van der Waals surface area contributed by atoms with E-state index in [2.05, 4.69) is 4.98 Å². The minimum Gasteiger partial charge on any atom is -0.477 e. The summed E-state index contributed by atoms with van der Waals surface area (Å²) in [5, 5.41) is 10.7. The van der Waals surface area contributed by atoms with Crippen LogP contribution in [0, 0.1) is 11.6 Å². The van der Waals surface area contributed by atoms with Gasteiger partial charge in [-0.1, -0.05) is 24.3 Å². The Morgan fingerprint density at radius 1 is 1.22 bits per heavy atom. The standard InChI is InChI=1S/C24H18F2N2O3S/c1-3-4-5-16(13(2)29)20-21-19(9-8-18-23(21)32-12-27-18)28(22(20)24(30)31)11-14-6-7-15(25)10-17(14)26/h3-10,12H,11H2,1-2H3,(H,30,31)/b4-3-,16-5+. The second-order valence-electron chi connectivity index (χ2n) is 7.17. The lowest BCUT2D eigenvalue weighted by Crippen LogP contribution is -2.13. The number of halogens is 2. The number of ketones is 1. The van der Waals surface area contributed by atoms with Crippen molar-refractivity contribution >= 4 is 49.8 Å². The molecule has 0 aliphatic heterocycles. The summed E-state index contributed by atoms with van der Waals surface area (Å²) in [7, 11) is 0. The summed E-state index contributed by atoms with van der Waals surface area (Å²) < 4.78 is 30.0. The van der Waals surface area contributed by atoms with Crippen molar-refractivity contribution in [1.29, 1.82) is 0 Å². The molecule has 0 aliphatic rings. The maximum absolute atomic E-state index is 14.4. The van der Waals surface area contributed by atoms with Crippen LogP contribution < -0.4 is 0 Å². The molecular weight excluding hydrogens is 434 g/mol. The molecule has 1 N–H and O–H groups in total. The number of benzene rings is 2. The molecule has 0 aliphatic carbocycles. The number of hydrogen-bond acceptors (Lipinski definition) is 4. The first-order valence-electron chi connectivity index (χ1n) is 9.73. The summed E-state index contributed by atoms with van der Waals surface area (Å²) in [4.78, 5) is 29.4. The van der Waals surface area contributed by atoms with Crippen LogP contribution >= 0.6 is 11.3 Å². The van der Waals surface area contributed by atoms with Crippen LogP contribution in [0.25, 0.3) is 26.7 Å². The van der Waals surface area contributed by atoms with Gasteiger partial charge in [-0.2, -0.15) is 0 Å². The van der Waals surface area contributed by atoms with Crippen molar-refractivity contribution in [1.82, 2.24) is 9.55 Å². The Bertz CT molecular complexity index is 1450. The predicted octanol–water partition coefficient (Wildman–Crippen LogP) is 5.82. The van der Waals surface area contributed by atoms with Crippen LogP contribution in [0.1, 0.15) is 35.5 Å². The number of nitrogens with zero attached hydrogens (tertiary/aromatic N) is 2. The number of thiazole rings is 1. The van der Waals surface area contributed by atoms with Crippen molar-refractivity contribution in [2.45, 2.75) is 20.4 Å². The number of Topliss-reactive ketones (excluding diaryl/α,β-unsaturated/α-hetero) is 1. The number of carbonyl (C=O) groups excluding carboxylic acids is 1. The van der Waals surface area contributed by atoms with Gasteiger partial charge in [0.15, 0.2) is 5.78 Å². The summed E-state index contributed by atoms with van der Waals surface area (Å²) in [6.45, 7) is 3.01. The van der Waals surface area contributed by atoms with E-state index < -0.39 is 17.6 Å². The fourth-order valence-corrected chi connectivity index (χ4v) is 4.63. The SMILES string of the molecule is C/C=C\C=C(/C(C)=O)c1c(C(=O)O)n(Cc2ccc(F)cc2F)c2ccc3ncsc3c12. The molecule has 4 aromatic rings. The van der Waals surface area contributed by atoms with Crippen LogP contribution in [0.2, 0.25) is 0 Å². The summed E-state index contributed by atoms with van der Waals surface area (Å²) >= 11 is 1.33. The van der Waals surface area contributed by atoms with E-state index in [4.69, 9.17) is 0 Å². The molecule has 4 rings (SSSR count). The lowest BCUT2D eigenvalue weighted by atomic mass is 9.98. The number of rotatable bonds is 6. The number of fused-ring (bicyclic) bond motifs is 3. The number of hydrogen-bond donors (Lipinski definition) is 1. The molecule has 0 saturated carbocycles. The monoisotopic (exact) mass is 452 g/mol. The van der Waals surface area contributed by atoms with E-state index in [1.54, 1.807) is 42.8 Å². The van der Waals surface area contributed by atoms with E-state index in [0.717, 1.165) is 16.8 Å². The third kappa shape index (κ3) is 3.62. The van der Waals surface area contributed by atoms with Crippen molar-refractivity contribution in [3.8, 4) is 0 Å². The summed E-state index contributed by atoms with van der Waals surface area (Å²) in [5.41, 5.74) is 3.30. The molecule has 0 unspecified atom stereocenters. The Morgan fingerprint density at radius 3 is 2.66 bits per heavy atom. The topological polar surface area (TPSA) is 72.2 Å². The van der Waals surface area contributed by atoms with Crippen molar-refractivity contribution < 1.29 is 23.5 Å². The first-order valence-corrected chi connectivity index (χ1v) is 10.6. The molecule has 2 heterocycles. The van der Waals surface area contributed by atoms with E-state index in [0.29, 0.717) is 16.4 Å². The van der Waals surface area contributed by atoms with Gasteiger partial charge in [0.2, 0.25) is 0 Å². The number of carboxylic acids is 1. The van der Waals surface area contributed by atoms with Gasteiger partial charge in [-0.15, -0.1) is 11.3 Å². The van der Waals surface area contributed by atoms with Gasteiger partial charge in [-0.05, 0) is 32.0 Å². The van der Waals surface area contributed by atoms with Gasteiger partial charge in [0.05, 0.1) is 27.8 Å². The van der Waals surface area contributed by atoms with Gasteiger partial charge in [0.25, 0.3) is 0 Å². The van der Waals surface area contributed by atoms with Crippen molar-refractivity contribution in [3.63, 3.8) is 0 Å². The smallest absolute Gasteiger partial charge is 0.353 e. The van der Waals surface area contributed by atoms with Gasteiger partial charge in [0.1, 0.15) is 17.3 Å². The molecule has 0 atom stereocenters. The maximum atomic E-state index is 14.4. The van der Waals surface area contributed by atoms with Crippen molar-refractivity contribution in [3.05, 3.63) is 82.5 Å². The molecular formula is C24H18F2N2O3S. The third-order valence-electron chi connectivity index (χ3n) is 5.17. The Hall–Kier alpha value is -3.65. The maximum Gasteiger partial charge on any atom is 0.353 e. The second-order valence-corrected chi connectivity index (χ2v) is 8.03. The van der Waals surface area contributed by atoms with E-state index in [9.17, 15) is 23.5 Å². The van der Waals surface area contributed by atoms with Crippen molar-refractivity contribution in [2.24, 2.45) is 0 Å². The highest BCUT2D eigenvalue weighted by atomic mass is 32.1. The van der Waals surface area contributed by atoms with E-state index in [1.165, 1.54) is 28.9 Å². The van der Waals surface area contributed by atoms with Crippen LogP contribution in [0.3, 0.4) is 0 Å². The zero-order valence-electron chi connectivity index (χ0n) is 17.2. The normalized spacial score (nSPS) is 12.3. The Labute approximate surface area is 185 Å². The zero-order chi connectivity index (χ0) is 23.0. The van der Waals surface area contributed by atoms with Crippen LogP contribution in [0.15, 0.2) is 54.1 Å². The lowest BCUT2D eigenvalue weighted by Gasteiger charge is -2.11. The Balaban J connectivity index is 2.14. The molecule has 2 aromatic heterocycles. The highest BCUT2D eigenvalue weighted by molar-refractivity contribution is 7.17. The molecule has 0 bridgehead atoms. The highest BCUT2D eigenvalue weighted by Crippen LogP contribution is 2.39. The average Bonchev–Trinajstić information content (AvgIpc) is 3.33. The fraction of sp³-hybridized carbons (Fsp3) is 0.125. The third-order valence-corrected chi connectivity index (χ3v) is 6.03. The van der Waals surface area contributed by atoms with E-state index in [1.807, 2.05) is 0 Å². The molecule has 0 spiro atoms. The zero-order valence-corrected chi connectivity index (χ0v) is 18.0. The molecule has 0 fully saturated rings. The predicted molar refractivity (Wildman–Crippen MR) is 121 cm³/mol. The number of carboxylic acid groups (broad SMARTS) is 1. The molecule has 32 heavy (non-hydrogen) atoms. The summed E-state index contributed by atoms with van der Waals surface area (Å²) in [6, 6.07) is 6.64. The van der Waals surface area contributed by atoms with Crippen LogP contribution in [0.4, 0.5) is 8.78 Å². The molecule has 5 nitrogen and oxygen atoms in total. The van der Waals surface area contributed by atoms with Crippen LogP contribution in [0.5, 0.6) is 0 Å². The van der Waals surface area contributed by atoms with Crippen molar-refractivity contribution in [2.75, 3.05) is 0 Å². The first kappa shape index (κ1) is 21.6. The second kappa shape index (κ2) is 8.47. The Kier molecular flexibility index (Phi) is 5.71. The molecule has 162 valence electrons. The largest absolute Gasteiger partial charge is 0.477 e. The number of aromatic nitrogens is 2.